The van der Waals surface area contributed by atoms with Gasteiger partial charge in [-0.25, -0.2) is 0 Å². The fourth-order valence-electron chi connectivity index (χ4n) is 3.31. The molecule has 3 rings (SSSR count). The SMILES string of the molecule is C=C1CCC(N2Cc3c(N)cccc3C2=O)C(=O)N1CCC. The monoisotopic (exact) mass is 299 g/mol. The lowest BCUT2D eigenvalue weighted by molar-refractivity contribution is -0.136. The quantitative estimate of drug-likeness (QED) is 0.870. The molecule has 5 nitrogen and oxygen atoms in total. The molecular weight excluding hydrogens is 278 g/mol. The number of hydrogen-bond acceptors (Lipinski definition) is 3. The van der Waals surface area contributed by atoms with E-state index in [4.69, 9.17) is 5.73 Å². The van der Waals surface area contributed by atoms with E-state index in [2.05, 4.69) is 6.58 Å². The lowest BCUT2D eigenvalue weighted by Gasteiger charge is -2.37. The van der Waals surface area contributed by atoms with Gasteiger partial charge < -0.3 is 15.5 Å². The van der Waals surface area contributed by atoms with Gasteiger partial charge in [0.25, 0.3) is 5.91 Å². The van der Waals surface area contributed by atoms with Gasteiger partial charge in [0.15, 0.2) is 0 Å². The largest absolute Gasteiger partial charge is 0.398 e. The topological polar surface area (TPSA) is 66.6 Å². The predicted octanol–water partition coefficient (Wildman–Crippen LogP) is 2.14. The van der Waals surface area contributed by atoms with Gasteiger partial charge in [-0.1, -0.05) is 19.6 Å². The average molecular weight is 299 g/mol. The van der Waals surface area contributed by atoms with Gasteiger partial charge in [-0.15, -0.1) is 0 Å². The molecule has 0 bridgehead atoms. The van der Waals surface area contributed by atoms with Gasteiger partial charge in [0.2, 0.25) is 5.91 Å². The summed E-state index contributed by atoms with van der Waals surface area (Å²) in [7, 11) is 0. The molecule has 1 unspecified atom stereocenters. The van der Waals surface area contributed by atoms with E-state index in [0.29, 0.717) is 30.8 Å². The molecule has 0 saturated carbocycles. The van der Waals surface area contributed by atoms with E-state index in [0.717, 1.165) is 24.1 Å². The van der Waals surface area contributed by atoms with Gasteiger partial charge >= 0.3 is 0 Å². The second-order valence-electron chi connectivity index (χ2n) is 5.92. The Morgan fingerprint density at radius 3 is 2.82 bits per heavy atom. The van der Waals surface area contributed by atoms with Crippen LogP contribution in [0.1, 0.15) is 42.1 Å². The van der Waals surface area contributed by atoms with Crippen LogP contribution in [-0.2, 0) is 11.3 Å². The molecule has 2 heterocycles. The highest BCUT2D eigenvalue weighted by Gasteiger charge is 2.41. The zero-order valence-electron chi connectivity index (χ0n) is 12.8. The minimum Gasteiger partial charge on any atom is -0.398 e. The first-order valence-electron chi connectivity index (χ1n) is 7.72. The van der Waals surface area contributed by atoms with Crippen molar-refractivity contribution in [2.75, 3.05) is 12.3 Å². The van der Waals surface area contributed by atoms with E-state index in [-0.39, 0.29) is 11.8 Å². The third kappa shape index (κ3) is 2.17. The zero-order valence-corrected chi connectivity index (χ0v) is 12.8. The van der Waals surface area contributed by atoms with Gasteiger partial charge in [-0.3, -0.25) is 9.59 Å². The molecule has 1 atom stereocenters. The molecule has 22 heavy (non-hydrogen) atoms. The molecule has 2 amide bonds. The number of amides is 2. The van der Waals surface area contributed by atoms with Crippen LogP contribution in [0.2, 0.25) is 0 Å². The number of carbonyl (C=O) groups excluding carboxylic acids is 2. The number of benzene rings is 1. The van der Waals surface area contributed by atoms with Gasteiger partial charge in [-0.2, -0.15) is 0 Å². The van der Waals surface area contributed by atoms with Crippen LogP contribution in [0.15, 0.2) is 30.5 Å². The van der Waals surface area contributed by atoms with Crippen molar-refractivity contribution in [1.82, 2.24) is 9.80 Å². The smallest absolute Gasteiger partial charge is 0.255 e. The molecule has 5 heteroatoms. The number of likely N-dealkylation sites (tertiary alicyclic amines) is 1. The zero-order chi connectivity index (χ0) is 15.9. The van der Waals surface area contributed by atoms with E-state index in [1.807, 2.05) is 6.92 Å². The summed E-state index contributed by atoms with van der Waals surface area (Å²) in [4.78, 5) is 28.7. The van der Waals surface area contributed by atoms with E-state index >= 15 is 0 Å². The summed E-state index contributed by atoms with van der Waals surface area (Å²) >= 11 is 0. The summed E-state index contributed by atoms with van der Waals surface area (Å²) in [6.07, 6.45) is 2.25. The molecule has 2 aliphatic heterocycles. The van der Waals surface area contributed by atoms with E-state index in [1.165, 1.54) is 0 Å². The summed E-state index contributed by atoms with van der Waals surface area (Å²) in [5, 5.41) is 0. The fraction of sp³-hybridized carbons (Fsp3) is 0.412. The Kier molecular flexibility index (Phi) is 3.64. The van der Waals surface area contributed by atoms with Gasteiger partial charge in [-0.05, 0) is 31.4 Å². The molecule has 0 radical (unpaired) electrons. The van der Waals surface area contributed by atoms with Crippen LogP contribution in [0.4, 0.5) is 5.69 Å². The lowest BCUT2D eigenvalue weighted by Crippen LogP contribution is -2.51. The number of rotatable bonds is 3. The molecule has 1 aromatic carbocycles. The second kappa shape index (κ2) is 5.48. The molecule has 116 valence electrons. The van der Waals surface area contributed by atoms with Gasteiger partial charge in [0, 0.05) is 35.6 Å². The minimum absolute atomic E-state index is 0.0159. The molecule has 1 saturated heterocycles. The Labute approximate surface area is 130 Å². The molecule has 0 spiro atoms. The van der Waals surface area contributed by atoms with Crippen molar-refractivity contribution in [3.8, 4) is 0 Å². The molecular formula is C17H21N3O2. The maximum atomic E-state index is 12.7. The molecule has 2 N–H and O–H groups in total. The second-order valence-corrected chi connectivity index (χ2v) is 5.92. The summed E-state index contributed by atoms with van der Waals surface area (Å²) in [5.74, 6) is -0.109. The Balaban J connectivity index is 1.87. The van der Waals surface area contributed by atoms with Crippen molar-refractivity contribution >= 4 is 17.5 Å². The number of anilines is 1. The number of nitrogens with two attached hydrogens (primary N) is 1. The summed E-state index contributed by atoms with van der Waals surface area (Å²) in [6.45, 7) is 7.09. The summed E-state index contributed by atoms with van der Waals surface area (Å²) in [6, 6.07) is 4.95. The number of piperidine rings is 1. The van der Waals surface area contributed by atoms with Crippen molar-refractivity contribution < 1.29 is 9.59 Å². The van der Waals surface area contributed by atoms with Crippen LogP contribution in [-0.4, -0.2) is 34.2 Å². The van der Waals surface area contributed by atoms with Crippen molar-refractivity contribution in [3.63, 3.8) is 0 Å². The number of hydrogen-bond donors (Lipinski definition) is 1. The van der Waals surface area contributed by atoms with Crippen LogP contribution >= 0.6 is 0 Å². The Hall–Kier alpha value is -2.30. The number of nitrogen functional groups attached to an aromatic ring is 1. The molecule has 0 aromatic heterocycles. The average Bonchev–Trinajstić information content (AvgIpc) is 2.83. The summed E-state index contributed by atoms with van der Waals surface area (Å²) < 4.78 is 0. The first-order valence-corrected chi connectivity index (χ1v) is 7.72. The molecule has 1 aromatic rings. The van der Waals surface area contributed by atoms with Crippen molar-refractivity contribution in [2.24, 2.45) is 0 Å². The molecule has 1 fully saturated rings. The van der Waals surface area contributed by atoms with Crippen LogP contribution in [0.25, 0.3) is 0 Å². The van der Waals surface area contributed by atoms with Crippen LogP contribution in [0.3, 0.4) is 0 Å². The number of nitrogens with zero attached hydrogens (tertiary/aromatic N) is 2. The van der Waals surface area contributed by atoms with Crippen LogP contribution in [0.5, 0.6) is 0 Å². The first kappa shape index (κ1) is 14.6. The van der Waals surface area contributed by atoms with Crippen molar-refractivity contribution in [1.29, 1.82) is 0 Å². The van der Waals surface area contributed by atoms with E-state index in [9.17, 15) is 9.59 Å². The highest BCUT2D eigenvalue weighted by atomic mass is 16.2. The standard InChI is InChI=1S/C17H21N3O2/c1-3-9-19-11(2)7-8-15(17(19)22)20-10-13-12(16(20)21)5-4-6-14(13)18/h4-6,15H,2-3,7-10,18H2,1H3. The third-order valence-corrected chi connectivity index (χ3v) is 4.49. The van der Waals surface area contributed by atoms with Crippen molar-refractivity contribution in [3.05, 3.63) is 41.6 Å². The number of carbonyl (C=O) groups is 2. The number of allylic oxidation sites excluding steroid dienone is 1. The fourth-order valence-corrected chi connectivity index (χ4v) is 3.31. The molecule has 2 aliphatic rings. The maximum absolute atomic E-state index is 12.7. The maximum Gasteiger partial charge on any atom is 0.255 e. The predicted molar refractivity (Wildman–Crippen MR) is 84.9 cm³/mol. The van der Waals surface area contributed by atoms with E-state index in [1.54, 1.807) is 28.0 Å². The van der Waals surface area contributed by atoms with Gasteiger partial charge in [0.05, 0.1) is 0 Å². The molecule has 0 aliphatic carbocycles. The lowest BCUT2D eigenvalue weighted by atomic mass is 10.0. The minimum atomic E-state index is -0.406. The highest BCUT2D eigenvalue weighted by molar-refractivity contribution is 6.02. The first-order chi connectivity index (χ1) is 10.5. The Morgan fingerprint density at radius 1 is 1.36 bits per heavy atom. The highest BCUT2D eigenvalue weighted by Crippen LogP contribution is 2.33. The Morgan fingerprint density at radius 2 is 2.14 bits per heavy atom. The summed E-state index contributed by atoms with van der Waals surface area (Å²) in [5.41, 5.74) is 8.90. The van der Waals surface area contributed by atoms with Gasteiger partial charge in [0.1, 0.15) is 6.04 Å². The van der Waals surface area contributed by atoms with Crippen LogP contribution < -0.4 is 5.73 Å². The van der Waals surface area contributed by atoms with E-state index < -0.39 is 6.04 Å². The third-order valence-electron chi connectivity index (χ3n) is 4.49. The number of fused-ring (bicyclic) bond motifs is 1. The normalized spacial score (nSPS) is 21.5. The Bertz CT molecular complexity index is 653. The van der Waals surface area contributed by atoms with Crippen molar-refractivity contribution in [2.45, 2.75) is 38.8 Å². The van der Waals surface area contributed by atoms with Crippen LogP contribution in [0, 0.1) is 0 Å².